The summed E-state index contributed by atoms with van der Waals surface area (Å²) in [5, 5.41) is 11.5. The third kappa shape index (κ3) is 6.72. The molecule has 0 spiro atoms. The Balaban J connectivity index is 1.83. The minimum Gasteiger partial charge on any atom is -0.230 e. The smallest absolute Gasteiger partial charge is 0.148 e. The van der Waals surface area contributed by atoms with E-state index >= 15 is 0 Å². The number of tetrazole rings is 1. The Morgan fingerprint density at radius 3 is 1.89 bits per heavy atom. The molecular formula is C14H28N4. The van der Waals surface area contributed by atoms with Gasteiger partial charge in [-0.2, -0.15) is 0 Å². The van der Waals surface area contributed by atoms with E-state index in [9.17, 15) is 0 Å². The zero-order valence-electron chi connectivity index (χ0n) is 12.1. The fraction of sp³-hybridized carbons (Fsp3) is 0.929. The second kappa shape index (κ2) is 10.0. The van der Waals surface area contributed by atoms with Crippen molar-refractivity contribution >= 4 is 0 Å². The summed E-state index contributed by atoms with van der Waals surface area (Å²) < 4.78 is 1.89. The van der Waals surface area contributed by atoms with E-state index in [2.05, 4.69) is 22.4 Å². The highest BCUT2D eigenvalue weighted by Gasteiger charge is 1.99. The van der Waals surface area contributed by atoms with Crippen molar-refractivity contribution in [2.75, 3.05) is 0 Å². The highest BCUT2D eigenvalue weighted by atomic mass is 15.5. The molecule has 1 aromatic rings. The van der Waals surface area contributed by atoms with Gasteiger partial charge in [0, 0.05) is 6.54 Å². The first-order chi connectivity index (χ1) is 8.84. The molecule has 1 aromatic heterocycles. The first kappa shape index (κ1) is 15.1. The van der Waals surface area contributed by atoms with E-state index in [1.54, 1.807) is 0 Å². The van der Waals surface area contributed by atoms with Gasteiger partial charge in [0.25, 0.3) is 0 Å². The quantitative estimate of drug-likeness (QED) is 0.561. The number of aromatic nitrogens is 4. The maximum Gasteiger partial charge on any atom is 0.148 e. The number of hydrogen-bond donors (Lipinski definition) is 0. The molecule has 0 atom stereocenters. The summed E-state index contributed by atoms with van der Waals surface area (Å²) in [6.45, 7) is 5.19. The van der Waals surface area contributed by atoms with Gasteiger partial charge in [-0.1, -0.05) is 64.7 Å². The molecule has 1 heterocycles. The number of aryl methyl sites for hydroxylation is 2. The van der Waals surface area contributed by atoms with Crippen LogP contribution in [0.25, 0.3) is 0 Å². The molecule has 1 rings (SSSR count). The van der Waals surface area contributed by atoms with Crippen LogP contribution in [0, 0.1) is 6.92 Å². The number of rotatable bonds is 11. The van der Waals surface area contributed by atoms with E-state index in [0.29, 0.717) is 0 Å². The van der Waals surface area contributed by atoms with E-state index in [1.165, 1.54) is 64.2 Å². The Morgan fingerprint density at radius 1 is 0.833 bits per heavy atom. The summed E-state index contributed by atoms with van der Waals surface area (Å²) in [6.07, 6.45) is 13.7. The van der Waals surface area contributed by atoms with Gasteiger partial charge in [-0.15, -0.1) is 5.10 Å². The molecular weight excluding hydrogens is 224 g/mol. The highest BCUT2D eigenvalue weighted by molar-refractivity contribution is 4.72. The van der Waals surface area contributed by atoms with Gasteiger partial charge in [0.05, 0.1) is 0 Å². The van der Waals surface area contributed by atoms with Crippen LogP contribution < -0.4 is 0 Å². The molecule has 0 fully saturated rings. The van der Waals surface area contributed by atoms with Gasteiger partial charge >= 0.3 is 0 Å². The zero-order chi connectivity index (χ0) is 13.1. The van der Waals surface area contributed by atoms with Crippen LogP contribution in [-0.4, -0.2) is 20.2 Å². The van der Waals surface area contributed by atoms with Crippen molar-refractivity contribution < 1.29 is 0 Å². The fourth-order valence-electron chi connectivity index (χ4n) is 2.20. The summed E-state index contributed by atoms with van der Waals surface area (Å²) in [7, 11) is 0. The van der Waals surface area contributed by atoms with E-state index in [4.69, 9.17) is 0 Å². The zero-order valence-corrected chi connectivity index (χ0v) is 12.1. The van der Waals surface area contributed by atoms with Gasteiger partial charge in [0.15, 0.2) is 0 Å². The van der Waals surface area contributed by atoms with Crippen molar-refractivity contribution in [1.29, 1.82) is 0 Å². The van der Waals surface area contributed by atoms with Gasteiger partial charge < -0.3 is 0 Å². The van der Waals surface area contributed by atoms with Gasteiger partial charge in [-0.05, 0) is 23.8 Å². The molecule has 0 aliphatic rings. The molecule has 0 N–H and O–H groups in total. The lowest BCUT2D eigenvalue weighted by molar-refractivity contribution is 0.501. The van der Waals surface area contributed by atoms with E-state index in [1.807, 2.05) is 11.6 Å². The molecule has 4 heteroatoms. The standard InChI is InChI=1S/C14H28N4/c1-3-4-5-6-7-8-9-10-11-12-13-18-14(2)15-16-17-18/h3-13H2,1-2H3. The molecule has 0 aliphatic carbocycles. The molecule has 18 heavy (non-hydrogen) atoms. The minimum absolute atomic E-state index is 0.922. The fourth-order valence-corrected chi connectivity index (χ4v) is 2.20. The van der Waals surface area contributed by atoms with Crippen molar-refractivity contribution in [3.63, 3.8) is 0 Å². The van der Waals surface area contributed by atoms with Crippen LogP contribution in [-0.2, 0) is 6.54 Å². The molecule has 0 aromatic carbocycles. The van der Waals surface area contributed by atoms with Crippen LogP contribution in [0.15, 0.2) is 0 Å². The van der Waals surface area contributed by atoms with E-state index < -0.39 is 0 Å². The third-order valence-electron chi connectivity index (χ3n) is 3.43. The Labute approximate surface area is 111 Å². The van der Waals surface area contributed by atoms with Crippen molar-refractivity contribution in [2.24, 2.45) is 0 Å². The van der Waals surface area contributed by atoms with Gasteiger partial charge in [0.2, 0.25) is 0 Å². The van der Waals surface area contributed by atoms with Crippen LogP contribution >= 0.6 is 0 Å². The first-order valence-electron chi connectivity index (χ1n) is 7.57. The maximum atomic E-state index is 3.95. The Morgan fingerprint density at radius 2 is 1.39 bits per heavy atom. The molecule has 0 aliphatic heterocycles. The monoisotopic (exact) mass is 252 g/mol. The van der Waals surface area contributed by atoms with Crippen molar-refractivity contribution in [3.05, 3.63) is 5.82 Å². The second-order valence-electron chi connectivity index (χ2n) is 5.13. The normalized spacial score (nSPS) is 11.0. The van der Waals surface area contributed by atoms with Crippen LogP contribution in [0.4, 0.5) is 0 Å². The maximum absolute atomic E-state index is 3.95. The number of nitrogens with zero attached hydrogens (tertiary/aromatic N) is 4. The molecule has 0 amide bonds. The third-order valence-corrected chi connectivity index (χ3v) is 3.43. The van der Waals surface area contributed by atoms with Gasteiger partial charge in [-0.25, -0.2) is 4.68 Å². The predicted octanol–water partition coefficient (Wildman–Crippen LogP) is 3.90. The first-order valence-corrected chi connectivity index (χ1v) is 7.57. The lowest BCUT2D eigenvalue weighted by Gasteiger charge is -2.03. The largest absolute Gasteiger partial charge is 0.230 e. The topological polar surface area (TPSA) is 43.6 Å². The summed E-state index contributed by atoms with van der Waals surface area (Å²) in [6, 6.07) is 0. The average molecular weight is 252 g/mol. The molecule has 0 bridgehead atoms. The summed E-state index contributed by atoms with van der Waals surface area (Å²) in [4.78, 5) is 0. The summed E-state index contributed by atoms with van der Waals surface area (Å²) >= 11 is 0. The Bertz CT molecular complexity index is 296. The SMILES string of the molecule is CCCCCCCCCCCCn1nnnc1C. The Kier molecular flexibility index (Phi) is 8.43. The second-order valence-corrected chi connectivity index (χ2v) is 5.13. The van der Waals surface area contributed by atoms with Crippen molar-refractivity contribution in [3.8, 4) is 0 Å². The number of unbranched alkanes of at least 4 members (excludes halogenated alkanes) is 9. The average Bonchev–Trinajstić information content (AvgIpc) is 2.77. The molecule has 4 nitrogen and oxygen atoms in total. The van der Waals surface area contributed by atoms with Crippen LogP contribution in [0.1, 0.15) is 77.0 Å². The summed E-state index contributed by atoms with van der Waals surface area (Å²) in [5.74, 6) is 0.922. The van der Waals surface area contributed by atoms with Gasteiger partial charge in [0.1, 0.15) is 5.82 Å². The minimum atomic E-state index is 0.922. The van der Waals surface area contributed by atoms with E-state index in [-0.39, 0.29) is 0 Å². The summed E-state index contributed by atoms with van der Waals surface area (Å²) in [5.41, 5.74) is 0. The van der Waals surface area contributed by atoms with Gasteiger partial charge in [-0.3, -0.25) is 0 Å². The van der Waals surface area contributed by atoms with E-state index in [0.717, 1.165) is 12.4 Å². The lowest BCUT2D eigenvalue weighted by atomic mass is 10.1. The van der Waals surface area contributed by atoms with Crippen LogP contribution in [0.5, 0.6) is 0 Å². The number of hydrogen-bond acceptors (Lipinski definition) is 3. The molecule has 0 unspecified atom stereocenters. The molecule has 0 saturated carbocycles. The van der Waals surface area contributed by atoms with Crippen molar-refractivity contribution in [1.82, 2.24) is 20.2 Å². The van der Waals surface area contributed by atoms with Crippen LogP contribution in [0.3, 0.4) is 0 Å². The predicted molar refractivity (Wildman–Crippen MR) is 74.4 cm³/mol. The molecule has 0 saturated heterocycles. The van der Waals surface area contributed by atoms with Crippen molar-refractivity contribution in [2.45, 2.75) is 84.6 Å². The molecule has 104 valence electrons. The lowest BCUT2D eigenvalue weighted by Crippen LogP contribution is -2.02. The Hall–Kier alpha value is -0.930. The highest BCUT2D eigenvalue weighted by Crippen LogP contribution is 2.10. The van der Waals surface area contributed by atoms with Crippen LogP contribution in [0.2, 0.25) is 0 Å². The molecule has 0 radical (unpaired) electrons.